The highest BCUT2D eigenvalue weighted by molar-refractivity contribution is 7.15. The van der Waals surface area contributed by atoms with E-state index in [0.29, 0.717) is 6.54 Å². The van der Waals surface area contributed by atoms with Crippen LogP contribution in [-0.4, -0.2) is 45.4 Å². The van der Waals surface area contributed by atoms with Crippen LogP contribution in [0.25, 0.3) is 0 Å². The highest BCUT2D eigenvalue weighted by Crippen LogP contribution is 2.28. The summed E-state index contributed by atoms with van der Waals surface area (Å²) in [5.41, 5.74) is 7.23. The number of aryl methyl sites for hydroxylation is 3. The lowest BCUT2D eigenvalue weighted by atomic mass is 10.1. The zero-order valence-electron chi connectivity index (χ0n) is 14.2. The Hall–Kier alpha value is -2.06. The highest BCUT2D eigenvalue weighted by atomic mass is 32.1. The van der Waals surface area contributed by atoms with Crippen LogP contribution in [0.2, 0.25) is 0 Å². The second-order valence-corrected chi connectivity index (χ2v) is 7.43. The quantitative estimate of drug-likeness (QED) is 0.858. The number of rotatable bonds is 5. The van der Waals surface area contributed by atoms with Crippen molar-refractivity contribution in [2.45, 2.75) is 33.1 Å². The topological polar surface area (TPSA) is 97.0 Å². The van der Waals surface area contributed by atoms with E-state index in [4.69, 9.17) is 5.73 Å². The van der Waals surface area contributed by atoms with E-state index in [-0.39, 0.29) is 11.8 Å². The van der Waals surface area contributed by atoms with Gasteiger partial charge in [-0.15, -0.1) is 11.3 Å². The minimum atomic E-state index is -0.294. The fourth-order valence-corrected chi connectivity index (χ4v) is 3.70. The Balaban J connectivity index is 1.75. The number of nitrogens with zero attached hydrogens (tertiary/aromatic N) is 4. The first-order valence-corrected chi connectivity index (χ1v) is 8.79. The molecule has 0 unspecified atom stereocenters. The van der Waals surface area contributed by atoms with Gasteiger partial charge in [-0.05, 0) is 33.7 Å². The maximum absolute atomic E-state index is 11.1. The number of carbonyl (C=O) groups is 1. The highest BCUT2D eigenvalue weighted by Gasteiger charge is 2.27. The lowest BCUT2D eigenvalue weighted by Crippen LogP contribution is -2.32. The number of hydrogen-bond donors (Lipinski definition) is 2. The molecular weight excluding hydrogens is 324 g/mol. The summed E-state index contributed by atoms with van der Waals surface area (Å²) in [5, 5.41) is 4.13. The van der Waals surface area contributed by atoms with Crippen LogP contribution in [-0.2, 0) is 4.79 Å². The summed E-state index contributed by atoms with van der Waals surface area (Å²) in [6.45, 7) is 7.93. The van der Waals surface area contributed by atoms with E-state index in [0.717, 1.165) is 47.7 Å². The molecule has 1 aliphatic rings. The molecular formula is C16H22N6OS. The van der Waals surface area contributed by atoms with Gasteiger partial charge in [0.1, 0.15) is 11.6 Å². The van der Waals surface area contributed by atoms with E-state index in [1.54, 1.807) is 11.3 Å². The van der Waals surface area contributed by atoms with Gasteiger partial charge in [0.25, 0.3) is 0 Å². The Labute approximate surface area is 145 Å². The number of amides is 1. The van der Waals surface area contributed by atoms with Gasteiger partial charge in [0, 0.05) is 29.1 Å². The molecule has 3 heterocycles. The summed E-state index contributed by atoms with van der Waals surface area (Å²) in [4.78, 5) is 28.1. The number of thiazole rings is 1. The standard InChI is InChI=1S/C16H22N6OS/c1-9-6-14(21-16-19-10(2)11(3)24-16)20-15(18-9)12-4-5-22(7-12)8-13(17)23/h6,12H,4-5,7-8H2,1-3H3,(H2,17,23)(H,18,19,20,21)/t12-/m0/s1. The van der Waals surface area contributed by atoms with E-state index in [9.17, 15) is 4.79 Å². The lowest BCUT2D eigenvalue weighted by molar-refractivity contribution is -0.118. The van der Waals surface area contributed by atoms with Crippen molar-refractivity contribution in [3.05, 3.63) is 28.2 Å². The molecule has 8 heteroatoms. The molecule has 1 saturated heterocycles. The van der Waals surface area contributed by atoms with Crippen molar-refractivity contribution in [2.24, 2.45) is 5.73 Å². The number of aromatic nitrogens is 3. The third-order valence-electron chi connectivity index (χ3n) is 4.15. The molecule has 0 radical (unpaired) electrons. The van der Waals surface area contributed by atoms with Gasteiger partial charge >= 0.3 is 0 Å². The van der Waals surface area contributed by atoms with Crippen molar-refractivity contribution in [1.29, 1.82) is 0 Å². The number of likely N-dealkylation sites (tertiary alicyclic amines) is 1. The van der Waals surface area contributed by atoms with Crippen LogP contribution in [0.1, 0.15) is 34.4 Å². The minimum Gasteiger partial charge on any atom is -0.369 e. The first-order valence-electron chi connectivity index (χ1n) is 7.98. The molecule has 1 aliphatic heterocycles. The number of primary amides is 1. The smallest absolute Gasteiger partial charge is 0.231 e. The van der Waals surface area contributed by atoms with Crippen LogP contribution in [0.5, 0.6) is 0 Å². The molecule has 1 atom stereocenters. The maximum atomic E-state index is 11.1. The molecule has 3 rings (SSSR count). The molecule has 2 aromatic heterocycles. The molecule has 128 valence electrons. The monoisotopic (exact) mass is 346 g/mol. The van der Waals surface area contributed by atoms with E-state index in [2.05, 4.69) is 32.1 Å². The number of anilines is 2. The SMILES string of the molecule is Cc1cc(Nc2nc(C)c(C)s2)nc([C@H]2CCN(CC(N)=O)C2)n1. The second-order valence-electron chi connectivity index (χ2n) is 6.23. The number of hydrogen-bond acceptors (Lipinski definition) is 7. The first-order chi connectivity index (χ1) is 11.4. The Morgan fingerprint density at radius 2 is 2.17 bits per heavy atom. The van der Waals surface area contributed by atoms with Gasteiger partial charge in [-0.2, -0.15) is 0 Å². The Kier molecular flexibility index (Phi) is 4.77. The first kappa shape index (κ1) is 16.8. The molecule has 0 aliphatic carbocycles. The van der Waals surface area contributed by atoms with Crippen LogP contribution in [0.3, 0.4) is 0 Å². The summed E-state index contributed by atoms with van der Waals surface area (Å²) in [7, 11) is 0. The van der Waals surface area contributed by atoms with Gasteiger partial charge in [-0.3, -0.25) is 9.69 Å². The predicted molar refractivity (Wildman–Crippen MR) is 94.6 cm³/mol. The van der Waals surface area contributed by atoms with Gasteiger partial charge in [0.05, 0.1) is 12.2 Å². The minimum absolute atomic E-state index is 0.226. The van der Waals surface area contributed by atoms with E-state index in [1.807, 2.05) is 19.9 Å². The van der Waals surface area contributed by atoms with Crippen LogP contribution in [0.15, 0.2) is 6.07 Å². The van der Waals surface area contributed by atoms with Gasteiger partial charge in [0.2, 0.25) is 5.91 Å². The van der Waals surface area contributed by atoms with Gasteiger partial charge in [0.15, 0.2) is 5.13 Å². The van der Waals surface area contributed by atoms with Crippen molar-refractivity contribution in [1.82, 2.24) is 19.9 Å². The summed E-state index contributed by atoms with van der Waals surface area (Å²) in [5.74, 6) is 1.51. The third-order valence-corrected chi connectivity index (χ3v) is 5.14. The Morgan fingerprint density at radius 1 is 1.38 bits per heavy atom. The maximum Gasteiger partial charge on any atom is 0.231 e. The average molecular weight is 346 g/mol. The van der Waals surface area contributed by atoms with Gasteiger partial charge < -0.3 is 11.1 Å². The summed E-state index contributed by atoms with van der Waals surface area (Å²) in [6.07, 6.45) is 0.936. The average Bonchev–Trinajstić information content (AvgIpc) is 3.05. The Morgan fingerprint density at radius 3 is 2.83 bits per heavy atom. The summed E-state index contributed by atoms with van der Waals surface area (Å²) < 4.78 is 0. The fraction of sp³-hybridized carbons (Fsp3) is 0.500. The largest absolute Gasteiger partial charge is 0.369 e. The Bertz CT molecular complexity index is 740. The molecule has 0 aromatic carbocycles. The predicted octanol–water partition coefficient (Wildman–Crippen LogP) is 1.88. The molecule has 1 amide bonds. The van der Waals surface area contributed by atoms with Crippen molar-refractivity contribution < 1.29 is 4.79 Å². The molecule has 0 bridgehead atoms. The van der Waals surface area contributed by atoms with Crippen LogP contribution < -0.4 is 11.1 Å². The van der Waals surface area contributed by atoms with E-state index in [1.165, 1.54) is 4.88 Å². The van der Waals surface area contributed by atoms with Crippen LogP contribution in [0.4, 0.5) is 10.9 Å². The number of nitrogens with two attached hydrogens (primary N) is 1. The van der Waals surface area contributed by atoms with E-state index < -0.39 is 0 Å². The van der Waals surface area contributed by atoms with Crippen molar-refractivity contribution in [2.75, 3.05) is 25.0 Å². The second kappa shape index (κ2) is 6.82. The number of carbonyl (C=O) groups excluding carboxylic acids is 1. The third kappa shape index (κ3) is 3.88. The van der Waals surface area contributed by atoms with Gasteiger partial charge in [-0.1, -0.05) is 0 Å². The molecule has 0 saturated carbocycles. The van der Waals surface area contributed by atoms with Crippen molar-refractivity contribution in [3.8, 4) is 0 Å². The summed E-state index contributed by atoms with van der Waals surface area (Å²) >= 11 is 1.62. The molecule has 1 fully saturated rings. The zero-order valence-corrected chi connectivity index (χ0v) is 15.0. The van der Waals surface area contributed by atoms with Crippen LogP contribution >= 0.6 is 11.3 Å². The molecule has 7 nitrogen and oxygen atoms in total. The van der Waals surface area contributed by atoms with Gasteiger partial charge in [-0.25, -0.2) is 15.0 Å². The van der Waals surface area contributed by atoms with E-state index >= 15 is 0 Å². The molecule has 24 heavy (non-hydrogen) atoms. The number of nitrogens with one attached hydrogen (secondary N) is 1. The zero-order chi connectivity index (χ0) is 17.3. The molecule has 2 aromatic rings. The molecule has 3 N–H and O–H groups in total. The van der Waals surface area contributed by atoms with Crippen molar-refractivity contribution >= 4 is 28.2 Å². The molecule has 0 spiro atoms. The van der Waals surface area contributed by atoms with Crippen LogP contribution in [0, 0.1) is 20.8 Å². The lowest BCUT2D eigenvalue weighted by Gasteiger charge is -2.14. The fourth-order valence-electron chi connectivity index (χ4n) is 2.88. The van der Waals surface area contributed by atoms with Crippen molar-refractivity contribution in [3.63, 3.8) is 0 Å². The normalized spacial score (nSPS) is 18.0. The summed E-state index contributed by atoms with van der Waals surface area (Å²) in [6, 6.07) is 1.92.